The SMILES string of the molecule is C=CCn1c(=NC(=O)CSCC(=O)N2CCCC2)sc2cc(C)ccc21. The zero-order chi connectivity index (χ0) is 18.5. The third-order valence-electron chi connectivity index (χ3n) is 4.28. The number of aromatic nitrogens is 1. The van der Waals surface area contributed by atoms with Crippen LogP contribution in [0.4, 0.5) is 0 Å². The van der Waals surface area contributed by atoms with E-state index in [0.717, 1.165) is 36.1 Å². The summed E-state index contributed by atoms with van der Waals surface area (Å²) in [6.45, 7) is 8.15. The summed E-state index contributed by atoms with van der Waals surface area (Å²) < 4.78 is 3.11. The summed E-state index contributed by atoms with van der Waals surface area (Å²) in [5.41, 5.74) is 2.24. The first-order valence-electron chi connectivity index (χ1n) is 8.72. The van der Waals surface area contributed by atoms with E-state index >= 15 is 0 Å². The molecule has 1 fully saturated rings. The molecule has 1 aromatic carbocycles. The molecule has 1 aromatic heterocycles. The van der Waals surface area contributed by atoms with Gasteiger partial charge >= 0.3 is 0 Å². The predicted octanol–water partition coefficient (Wildman–Crippen LogP) is 2.98. The Morgan fingerprint density at radius 2 is 2.08 bits per heavy atom. The van der Waals surface area contributed by atoms with Crippen LogP contribution in [-0.2, 0) is 16.1 Å². The van der Waals surface area contributed by atoms with Gasteiger partial charge < -0.3 is 9.47 Å². The number of thioether (sulfide) groups is 1. The molecule has 138 valence electrons. The molecule has 2 amide bonds. The van der Waals surface area contributed by atoms with Gasteiger partial charge in [-0.15, -0.1) is 18.3 Å². The number of hydrogen-bond acceptors (Lipinski definition) is 4. The molecule has 0 aliphatic carbocycles. The van der Waals surface area contributed by atoms with Gasteiger partial charge in [0.25, 0.3) is 5.91 Å². The highest BCUT2D eigenvalue weighted by Crippen LogP contribution is 2.19. The molecule has 7 heteroatoms. The van der Waals surface area contributed by atoms with E-state index in [1.807, 2.05) is 16.4 Å². The van der Waals surface area contributed by atoms with Crippen molar-refractivity contribution in [1.29, 1.82) is 0 Å². The van der Waals surface area contributed by atoms with Crippen LogP contribution in [0.2, 0.25) is 0 Å². The Bertz CT molecular complexity index is 892. The Labute approximate surface area is 161 Å². The minimum absolute atomic E-state index is 0.124. The van der Waals surface area contributed by atoms with Gasteiger partial charge in [-0.1, -0.05) is 23.5 Å². The number of thiazole rings is 1. The van der Waals surface area contributed by atoms with Crippen LogP contribution in [0.25, 0.3) is 10.2 Å². The molecule has 2 aromatic rings. The molecule has 0 atom stereocenters. The minimum atomic E-state index is -0.203. The van der Waals surface area contributed by atoms with E-state index in [9.17, 15) is 9.59 Å². The zero-order valence-corrected chi connectivity index (χ0v) is 16.6. The summed E-state index contributed by atoms with van der Waals surface area (Å²) in [5.74, 6) is 0.491. The number of benzene rings is 1. The Morgan fingerprint density at radius 3 is 2.81 bits per heavy atom. The maximum absolute atomic E-state index is 12.3. The standard InChI is InChI=1S/C19H23N3O2S2/c1-3-8-22-15-7-6-14(2)11-16(15)26-19(22)20-17(23)12-25-13-18(24)21-9-4-5-10-21/h3,6-7,11H,1,4-5,8-10,12-13H2,2H3. The highest BCUT2D eigenvalue weighted by atomic mass is 32.2. The van der Waals surface area contributed by atoms with Crippen LogP contribution < -0.4 is 4.80 Å². The Morgan fingerprint density at radius 1 is 1.31 bits per heavy atom. The van der Waals surface area contributed by atoms with Gasteiger partial charge in [0.05, 0.1) is 21.7 Å². The number of rotatable bonds is 6. The van der Waals surface area contributed by atoms with Gasteiger partial charge in [-0.25, -0.2) is 0 Å². The molecule has 1 saturated heterocycles. The second-order valence-electron chi connectivity index (χ2n) is 6.34. The molecule has 0 saturated carbocycles. The van der Waals surface area contributed by atoms with Gasteiger partial charge in [0.2, 0.25) is 5.91 Å². The highest BCUT2D eigenvalue weighted by molar-refractivity contribution is 8.00. The number of carbonyl (C=O) groups excluding carboxylic acids is 2. The van der Waals surface area contributed by atoms with Crippen LogP contribution in [0.15, 0.2) is 35.8 Å². The van der Waals surface area contributed by atoms with Crippen LogP contribution in [0.5, 0.6) is 0 Å². The normalized spacial score (nSPS) is 15.0. The third kappa shape index (κ3) is 4.45. The van der Waals surface area contributed by atoms with Crippen LogP contribution in [0.3, 0.4) is 0 Å². The molecule has 2 heterocycles. The Balaban J connectivity index is 1.69. The molecule has 26 heavy (non-hydrogen) atoms. The molecule has 1 aliphatic rings. The molecule has 0 bridgehead atoms. The summed E-state index contributed by atoms with van der Waals surface area (Å²) in [5, 5.41) is 0. The maximum atomic E-state index is 12.3. The lowest BCUT2D eigenvalue weighted by atomic mass is 10.2. The first-order valence-corrected chi connectivity index (χ1v) is 10.7. The second kappa shape index (κ2) is 8.68. The number of likely N-dealkylation sites (tertiary alicyclic amines) is 1. The van der Waals surface area contributed by atoms with Gasteiger partial charge in [0.15, 0.2) is 4.80 Å². The van der Waals surface area contributed by atoms with Crippen molar-refractivity contribution in [1.82, 2.24) is 9.47 Å². The fourth-order valence-electron chi connectivity index (χ4n) is 2.99. The fourth-order valence-corrected chi connectivity index (χ4v) is 4.85. The Hall–Kier alpha value is -1.86. The molecule has 0 N–H and O–H groups in total. The van der Waals surface area contributed by atoms with Crippen molar-refractivity contribution in [3.05, 3.63) is 41.2 Å². The number of hydrogen-bond donors (Lipinski definition) is 0. The molecular weight excluding hydrogens is 366 g/mol. The molecule has 3 rings (SSSR count). The average molecular weight is 390 g/mol. The summed E-state index contributed by atoms with van der Waals surface area (Å²) in [7, 11) is 0. The number of allylic oxidation sites excluding steroid dienone is 1. The summed E-state index contributed by atoms with van der Waals surface area (Å²) >= 11 is 2.85. The summed E-state index contributed by atoms with van der Waals surface area (Å²) in [6.07, 6.45) is 3.97. The number of amides is 2. The lowest BCUT2D eigenvalue weighted by Gasteiger charge is -2.14. The van der Waals surface area contributed by atoms with Gasteiger partial charge in [-0.2, -0.15) is 4.99 Å². The largest absolute Gasteiger partial charge is 0.342 e. The van der Waals surface area contributed by atoms with Gasteiger partial charge in [0.1, 0.15) is 0 Å². The van der Waals surface area contributed by atoms with E-state index in [4.69, 9.17) is 0 Å². The monoisotopic (exact) mass is 389 g/mol. The quantitative estimate of drug-likeness (QED) is 0.714. The third-order valence-corrected chi connectivity index (χ3v) is 6.22. The number of carbonyl (C=O) groups is 2. The summed E-state index contributed by atoms with van der Waals surface area (Å²) in [4.78, 5) is 31.1. The lowest BCUT2D eigenvalue weighted by molar-refractivity contribution is -0.127. The number of nitrogens with zero attached hydrogens (tertiary/aromatic N) is 3. The van der Waals surface area contributed by atoms with E-state index in [0.29, 0.717) is 17.1 Å². The number of fused-ring (bicyclic) bond motifs is 1. The van der Waals surface area contributed by atoms with Gasteiger partial charge in [0, 0.05) is 19.6 Å². The van der Waals surface area contributed by atoms with Crippen molar-refractivity contribution >= 4 is 45.1 Å². The van der Waals surface area contributed by atoms with Crippen LogP contribution in [0.1, 0.15) is 18.4 Å². The van der Waals surface area contributed by atoms with Crippen molar-refractivity contribution in [2.75, 3.05) is 24.6 Å². The first kappa shape index (κ1) is 18.9. The van der Waals surface area contributed by atoms with Crippen LogP contribution in [-0.4, -0.2) is 45.9 Å². The van der Waals surface area contributed by atoms with Crippen molar-refractivity contribution in [2.24, 2.45) is 4.99 Å². The van der Waals surface area contributed by atoms with E-state index < -0.39 is 0 Å². The van der Waals surface area contributed by atoms with E-state index in [-0.39, 0.29) is 17.6 Å². The van der Waals surface area contributed by atoms with Crippen molar-refractivity contribution in [3.8, 4) is 0 Å². The zero-order valence-electron chi connectivity index (χ0n) is 14.9. The molecule has 0 radical (unpaired) electrons. The van der Waals surface area contributed by atoms with E-state index in [1.54, 1.807) is 6.08 Å². The van der Waals surface area contributed by atoms with E-state index in [1.165, 1.54) is 28.7 Å². The van der Waals surface area contributed by atoms with Crippen LogP contribution >= 0.6 is 23.1 Å². The predicted molar refractivity (Wildman–Crippen MR) is 108 cm³/mol. The molecule has 5 nitrogen and oxygen atoms in total. The van der Waals surface area contributed by atoms with E-state index in [2.05, 4.69) is 29.8 Å². The van der Waals surface area contributed by atoms with Gasteiger partial charge in [-0.05, 0) is 37.5 Å². The summed E-state index contributed by atoms with van der Waals surface area (Å²) in [6, 6.07) is 6.21. The van der Waals surface area contributed by atoms with Crippen molar-refractivity contribution < 1.29 is 9.59 Å². The number of aryl methyl sites for hydroxylation is 1. The highest BCUT2D eigenvalue weighted by Gasteiger charge is 2.17. The first-order chi connectivity index (χ1) is 12.6. The minimum Gasteiger partial charge on any atom is -0.342 e. The topological polar surface area (TPSA) is 54.7 Å². The molecule has 1 aliphatic heterocycles. The molecular formula is C19H23N3O2S2. The van der Waals surface area contributed by atoms with Crippen LogP contribution in [0, 0.1) is 6.92 Å². The van der Waals surface area contributed by atoms with Crippen molar-refractivity contribution in [3.63, 3.8) is 0 Å². The Kier molecular flexibility index (Phi) is 6.32. The lowest BCUT2D eigenvalue weighted by Crippen LogP contribution is -2.29. The smallest absolute Gasteiger partial charge is 0.258 e. The van der Waals surface area contributed by atoms with Crippen molar-refractivity contribution in [2.45, 2.75) is 26.3 Å². The maximum Gasteiger partial charge on any atom is 0.258 e. The fraction of sp³-hybridized carbons (Fsp3) is 0.421. The average Bonchev–Trinajstić information content (AvgIpc) is 3.24. The molecule has 0 unspecified atom stereocenters. The molecule has 0 spiro atoms. The van der Waals surface area contributed by atoms with Gasteiger partial charge in [-0.3, -0.25) is 9.59 Å². The second-order valence-corrected chi connectivity index (χ2v) is 8.34.